The first-order chi connectivity index (χ1) is 16.6. The zero-order valence-corrected chi connectivity index (χ0v) is 19.0. The third-order valence-electron chi connectivity index (χ3n) is 6.73. The van der Waals surface area contributed by atoms with Crippen molar-refractivity contribution in [2.75, 3.05) is 44.2 Å². The summed E-state index contributed by atoms with van der Waals surface area (Å²) >= 11 is 0. The van der Waals surface area contributed by atoms with E-state index in [1.165, 1.54) is 0 Å². The number of piperazine rings is 2. The third-order valence-corrected chi connectivity index (χ3v) is 6.73. The molecule has 0 spiro atoms. The second-order valence-electron chi connectivity index (χ2n) is 8.74. The number of amides is 3. The summed E-state index contributed by atoms with van der Waals surface area (Å²) in [4.78, 5) is 45.1. The molecule has 0 unspecified atom stereocenters. The molecule has 174 valence electrons. The summed E-state index contributed by atoms with van der Waals surface area (Å²) in [6.07, 6.45) is -0.00627. The second-order valence-corrected chi connectivity index (χ2v) is 8.74. The van der Waals surface area contributed by atoms with Gasteiger partial charge in [0.1, 0.15) is 6.04 Å². The first-order valence-corrected chi connectivity index (χ1v) is 11.8. The van der Waals surface area contributed by atoms with Gasteiger partial charge < -0.3 is 20.0 Å². The summed E-state index contributed by atoms with van der Waals surface area (Å²) in [5.74, 6) is -0.570. The molecule has 2 aliphatic heterocycles. The van der Waals surface area contributed by atoms with E-state index in [2.05, 4.69) is 22.3 Å². The molecule has 0 aliphatic carbocycles. The molecule has 0 aromatic heterocycles. The molecule has 1 atom stereocenters. The van der Waals surface area contributed by atoms with Crippen LogP contribution in [-0.4, -0.2) is 72.8 Å². The van der Waals surface area contributed by atoms with E-state index in [1.807, 2.05) is 59.5 Å². The Morgan fingerprint density at radius 1 is 0.824 bits per heavy atom. The van der Waals surface area contributed by atoms with Gasteiger partial charge in [-0.1, -0.05) is 54.6 Å². The maximum Gasteiger partial charge on any atom is 0.255 e. The highest BCUT2D eigenvalue weighted by molar-refractivity contribution is 6.08. The van der Waals surface area contributed by atoms with Crippen LogP contribution in [0, 0.1) is 0 Å². The number of para-hydroxylation sites is 1. The summed E-state index contributed by atoms with van der Waals surface area (Å²) < 4.78 is 0. The van der Waals surface area contributed by atoms with Crippen LogP contribution in [0.4, 0.5) is 5.69 Å². The molecule has 0 saturated carbocycles. The lowest BCUT2D eigenvalue weighted by Gasteiger charge is -2.39. The van der Waals surface area contributed by atoms with Crippen LogP contribution in [0.15, 0.2) is 72.8 Å². The van der Waals surface area contributed by atoms with Crippen molar-refractivity contribution in [3.63, 3.8) is 0 Å². The van der Waals surface area contributed by atoms with Crippen LogP contribution in [0.1, 0.15) is 16.8 Å². The number of nitrogens with zero attached hydrogens (tertiary/aromatic N) is 3. The van der Waals surface area contributed by atoms with E-state index in [4.69, 9.17) is 0 Å². The monoisotopic (exact) mass is 456 g/mol. The van der Waals surface area contributed by atoms with Gasteiger partial charge >= 0.3 is 0 Å². The van der Waals surface area contributed by atoms with Crippen molar-refractivity contribution in [2.24, 2.45) is 0 Å². The zero-order chi connectivity index (χ0) is 23.5. The summed E-state index contributed by atoms with van der Waals surface area (Å²) in [5.41, 5.74) is 1.70. The van der Waals surface area contributed by atoms with Crippen molar-refractivity contribution in [3.8, 4) is 0 Å². The average molecular weight is 457 g/mol. The molecule has 7 nitrogen and oxygen atoms in total. The maximum atomic E-state index is 13.5. The molecule has 5 rings (SSSR count). The Hall–Kier alpha value is -3.87. The molecule has 7 heteroatoms. The highest BCUT2D eigenvalue weighted by Gasteiger charge is 2.37. The minimum Gasteiger partial charge on any atom is -0.368 e. The van der Waals surface area contributed by atoms with Crippen LogP contribution in [0.2, 0.25) is 0 Å². The van der Waals surface area contributed by atoms with Gasteiger partial charge in [-0.25, -0.2) is 0 Å². The first kappa shape index (κ1) is 21.9. The van der Waals surface area contributed by atoms with Gasteiger partial charge in [-0.05, 0) is 29.0 Å². The number of benzene rings is 3. The molecule has 0 radical (unpaired) electrons. The molecular weight excluding hydrogens is 428 g/mol. The van der Waals surface area contributed by atoms with Gasteiger partial charge in [0, 0.05) is 50.5 Å². The molecule has 0 bridgehead atoms. The van der Waals surface area contributed by atoms with Gasteiger partial charge in [-0.2, -0.15) is 0 Å². The molecule has 2 fully saturated rings. The lowest BCUT2D eigenvalue weighted by Crippen LogP contribution is -2.59. The molecule has 3 aromatic carbocycles. The Kier molecular flexibility index (Phi) is 6.16. The molecule has 2 aliphatic rings. The molecular formula is C27H28N4O3. The van der Waals surface area contributed by atoms with Crippen molar-refractivity contribution in [3.05, 3.63) is 78.4 Å². The van der Waals surface area contributed by atoms with Gasteiger partial charge in [0.15, 0.2) is 0 Å². The van der Waals surface area contributed by atoms with Crippen LogP contribution < -0.4 is 10.2 Å². The van der Waals surface area contributed by atoms with Crippen molar-refractivity contribution in [1.29, 1.82) is 0 Å². The second kappa shape index (κ2) is 9.55. The number of nitrogens with one attached hydrogen (secondary N) is 1. The van der Waals surface area contributed by atoms with Gasteiger partial charge in [0.25, 0.3) is 5.91 Å². The van der Waals surface area contributed by atoms with Gasteiger partial charge in [-0.3, -0.25) is 14.4 Å². The first-order valence-electron chi connectivity index (χ1n) is 11.8. The van der Waals surface area contributed by atoms with Gasteiger partial charge in [0.2, 0.25) is 11.8 Å². The minimum atomic E-state index is -0.806. The molecule has 3 amide bonds. The van der Waals surface area contributed by atoms with Crippen molar-refractivity contribution in [1.82, 2.24) is 15.1 Å². The Morgan fingerprint density at radius 2 is 1.53 bits per heavy atom. The van der Waals surface area contributed by atoms with Crippen molar-refractivity contribution in [2.45, 2.75) is 12.5 Å². The topological polar surface area (TPSA) is 73.0 Å². The van der Waals surface area contributed by atoms with E-state index >= 15 is 0 Å². The highest BCUT2D eigenvalue weighted by atomic mass is 16.2. The molecule has 1 N–H and O–H groups in total. The van der Waals surface area contributed by atoms with Crippen LogP contribution in [0.25, 0.3) is 10.8 Å². The van der Waals surface area contributed by atoms with Crippen molar-refractivity contribution >= 4 is 34.2 Å². The normalized spacial score (nSPS) is 18.6. The molecule has 34 heavy (non-hydrogen) atoms. The molecule has 3 aromatic rings. The number of hydrogen-bond acceptors (Lipinski definition) is 4. The SMILES string of the molecule is O=C1NCCN(C(=O)c2cccc3ccccc23)[C@H]1CC(=O)N1CCN(c2ccccc2)CC1. The third kappa shape index (κ3) is 4.33. The number of carbonyl (C=O) groups is 3. The number of anilines is 1. The maximum absolute atomic E-state index is 13.5. The van der Waals surface area contributed by atoms with E-state index in [1.54, 1.807) is 11.0 Å². The summed E-state index contributed by atoms with van der Waals surface area (Å²) in [7, 11) is 0. The fourth-order valence-corrected chi connectivity index (χ4v) is 4.87. The largest absolute Gasteiger partial charge is 0.368 e. The fourth-order valence-electron chi connectivity index (χ4n) is 4.87. The zero-order valence-electron chi connectivity index (χ0n) is 19.0. The van der Waals surface area contributed by atoms with Crippen LogP contribution >= 0.6 is 0 Å². The van der Waals surface area contributed by atoms with Crippen LogP contribution in [0.5, 0.6) is 0 Å². The molecule has 2 heterocycles. The van der Waals surface area contributed by atoms with Gasteiger partial charge in [0.05, 0.1) is 6.42 Å². The lowest BCUT2D eigenvalue weighted by molar-refractivity contribution is -0.138. The Bertz CT molecular complexity index is 1200. The number of fused-ring (bicyclic) bond motifs is 1. The Balaban J connectivity index is 1.29. The predicted octanol–water partition coefficient (Wildman–Crippen LogP) is 2.52. The highest BCUT2D eigenvalue weighted by Crippen LogP contribution is 2.23. The average Bonchev–Trinajstić information content (AvgIpc) is 2.89. The van der Waals surface area contributed by atoms with E-state index < -0.39 is 6.04 Å². The summed E-state index contributed by atoms with van der Waals surface area (Å²) in [6, 6.07) is 22.7. The quantitative estimate of drug-likeness (QED) is 0.655. The van der Waals surface area contributed by atoms with Gasteiger partial charge in [-0.15, -0.1) is 0 Å². The fraction of sp³-hybridized carbons (Fsp3) is 0.296. The Morgan fingerprint density at radius 3 is 2.32 bits per heavy atom. The van der Waals surface area contributed by atoms with Crippen LogP contribution in [0.3, 0.4) is 0 Å². The van der Waals surface area contributed by atoms with Crippen LogP contribution in [-0.2, 0) is 9.59 Å². The van der Waals surface area contributed by atoms with Crippen molar-refractivity contribution < 1.29 is 14.4 Å². The number of carbonyl (C=O) groups excluding carboxylic acids is 3. The number of rotatable bonds is 4. The van der Waals surface area contributed by atoms with E-state index in [9.17, 15) is 14.4 Å². The standard InChI is InChI=1S/C27H28N4O3/c32-25(30-17-15-29(16-18-30)21-9-2-1-3-10-21)19-24-26(33)28-13-14-31(24)27(34)23-12-6-8-20-7-4-5-11-22(20)23/h1-12,24H,13-19H2,(H,28,33)/t24-/m0/s1. The number of hydrogen-bond donors (Lipinski definition) is 1. The lowest BCUT2D eigenvalue weighted by atomic mass is 10.0. The summed E-state index contributed by atoms with van der Waals surface area (Å²) in [6.45, 7) is 3.44. The predicted molar refractivity (Wildman–Crippen MR) is 132 cm³/mol. The van der Waals surface area contributed by atoms with E-state index in [-0.39, 0.29) is 24.1 Å². The minimum absolute atomic E-state index is 0.00627. The van der Waals surface area contributed by atoms with E-state index in [0.29, 0.717) is 31.7 Å². The van der Waals surface area contributed by atoms with E-state index in [0.717, 1.165) is 29.5 Å². The summed E-state index contributed by atoms with van der Waals surface area (Å²) in [5, 5.41) is 4.65. The smallest absolute Gasteiger partial charge is 0.255 e. The Labute approximate surface area is 198 Å². The molecule has 2 saturated heterocycles.